The van der Waals surface area contributed by atoms with Crippen LogP contribution in [-0.2, 0) is 4.79 Å². The molecule has 0 fully saturated rings. The number of carboxylic acid groups (broad SMARTS) is 1. The number of benzene rings is 1. The maximum atomic E-state index is 12.1. The van der Waals surface area contributed by atoms with Crippen LogP contribution in [0.5, 0.6) is 0 Å². The number of aliphatic carboxylic acids is 1. The van der Waals surface area contributed by atoms with Gasteiger partial charge in [0.15, 0.2) is 0 Å². The highest BCUT2D eigenvalue weighted by molar-refractivity contribution is 5.95. The minimum absolute atomic E-state index is 0.0217. The molecule has 2 N–H and O–H groups in total. The van der Waals surface area contributed by atoms with Gasteiger partial charge < -0.3 is 10.4 Å². The van der Waals surface area contributed by atoms with Crippen molar-refractivity contribution in [2.24, 2.45) is 5.92 Å². The van der Waals surface area contributed by atoms with E-state index in [1.54, 1.807) is 0 Å². The summed E-state index contributed by atoms with van der Waals surface area (Å²) in [4.78, 5) is 22.7. The molecule has 1 aromatic rings. The Kier molecular flexibility index (Phi) is 5.55. The van der Waals surface area contributed by atoms with Crippen LogP contribution >= 0.6 is 0 Å². The third kappa shape index (κ3) is 4.73. The molecule has 19 heavy (non-hydrogen) atoms. The Morgan fingerprint density at radius 3 is 2.58 bits per heavy atom. The van der Waals surface area contributed by atoms with Crippen LogP contribution in [0, 0.1) is 19.8 Å². The third-order valence-electron chi connectivity index (χ3n) is 3.23. The van der Waals surface area contributed by atoms with Gasteiger partial charge in [0, 0.05) is 18.5 Å². The fraction of sp³-hybridized carbons (Fsp3) is 0.467. The number of amides is 1. The normalized spacial score (nSPS) is 11.9. The van der Waals surface area contributed by atoms with E-state index in [4.69, 9.17) is 5.11 Å². The first-order valence-electron chi connectivity index (χ1n) is 6.51. The summed E-state index contributed by atoms with van der Waals surface area (Å²) < 4.78 is 0. The van der Waals surface area contributed by atoms with Gasteiger partial charge in [-0.15, -0.1) is 0 Å². The van der Waals surface area contributed by atoms with E-state index < -0.39 is 5.97 Å². The second-order valence-corrected chi connectivity index (χ2v) is 4.90. The average molecular weight is 263 g/mol. The molecule has 1 rings (SSSR count). The summed E-state index contributed by atoms with van der Waals surface area (Å²) in [6.07, 6.45) is 0.822. The second-order valence-electron chi connectivity index (χ2n) is 4.90. The maximum Gasteiger partial charge on any atom is 0.303 e. The highest BCUT2D eigenvalue weighted by Gasteiger charge is 2.14. The van der Waals surface area contributed by atoms with Crippen molar-refractivity contribution in [1.29, 1.82) is 0 Å². The molecule has 0 saturated heterocycles. The predicted octanol–water partition coefficient (Wildman–Crippen LogP) is 2.53. The summed E-state index contributed by atoms with van der Waals surface area (Å²) in [6.45, 7) is 6.16. The predicted molar refractivity (Wildman–Crippen MR) is 74.3 cm³/mol. The number of aryl methyl sites for hydroxylation is 2. The van der Waals surface area contributed by atoms with Gasteiger partial charge in [0.05, 0.1) is 0 Å². The molecule has 0 spiro atoms. The van der Waals surface area contributed by atoms with Gasteiger partial charge in [-0.25, -0.2) is 0 Å². The van der Waals surface area contributed by atoms with E-state index in [0.717, 1.165) is 17.5 Å². The van der Waals surface area contributed by atoms with E-state index in [9.17, 15) is 9.59 Å². The zero-order valence-electron chi connectivity index (χ0n) is 11.7. The van der Waals surface area contributed by atoms with Gasteiger partial charge in [0.1, 0.15) is 0 Å². The lowest BCUT2D eigenvalue weighted by Gasteiger charge is -2.14. The van der Waals surface area contributed by atoms with Crippen molar-refractivity contribution in [2.75, 3.05) is 6.54 Å². The van der Waals surface area contributed by atoms with E-state index in [2.05, 4.69) is 5.32 Å². The van der Waals surface area contributed by atoms with Crippen LogP contribution in [0.4, 0.5) is 0 Å². The second kappa shape index (κ2) is 6.92. The highest BCUT2D eigenvalue weighted by atomic mass is 16.4. The van der Waals surface area contributed by atoms with Gasteiger partial charge >= 0.3 is 5.97 Å². The number of hydrogen-bond acceptors (Lipinski definition) is 2. The molecular weight excluding hydrogens is 242 g/mol. The Hall–Kier alpha value is -1.84. The molecule has 0 aliphatic rings. The number of hydrogen-bond donors (Lipinski definition) is 2. The van der Waals surface area contributed by atoms with E-state index in [-0.39, 0.29) is 18.2 Å². The summed E-state index contributed by atoms with van der Waals surface area (Å²) >= 11 is 0. The Balaban J connectivity index is 2.64. The molecule has 1 aromatic carbocycles. The molecule has 0 aromatic heterocycles. The molecular formula is C15H21NO3. The zero-order valence-corrected chi connectivity index (χ0v) is 11.7. The summed E-state index contributed by atoms with van der Waals surface area (Å²) in [7, 11) is 0. The monoisotopic (exact) mass is 263 g/mol. The van der Waals surface area contributed by atoms with Crippen molar-refractivity contribution in [2.45, 2.75) is 33.6 Å². The van der Waals surface area contributed by atoms with E-state index in [1.165, 1.54) is 0 Å². The summed E-state index contributed by atoms with van der Waals surface area (Å²) in [5, 5.41) is 11.6. The number of carboxylic acids is 1. The number of nitrogens with one attached hydrogen (secondary N) is 1. The van der Waals surface area contributed by atoms with Crippen LogP contribution in [0.1, 0.15) is 41.3 Å². The van der Waals surface area contributed by atoms with Crippen molar-refractivity contribution in [3.63, 3.8) is 0 Å². The van der Waals surface area contributed by atoms with E-state index in [0.29, 0.717) is 12.1 Å². The van der Waals surface area contributed by atoms with Crippen molar-refractivity contribution in [3.8, 4) is 0 Å². The van der Waals surface area contributed by atoms with Gasteiger partial charge in [0.2, 0.25) is 0 Å². The first kappa shape index (κ1) is 15.2. The molecule has 1 atom stereocenters. The standard InChI is InChI=1S/C15H21NO3/c1-4-12(8-14(17)18)9-16-15(19)13-7-10(2)5-6-11(13)3/h5-7,12H,4,8-9H2,1-3H3,(H,16,19)(H,17,18). The smallest absolute Gasteiger partial charge is 0.303 e. The van der Waals surface area contributed by atoms with Crippen LogP contribution in [0.15, 0.2) is 18.2 Å². The van der Waals surface area contributed by atoms with Crippen molar-refractivity contribution in [3.05, 3.63) is 34.9 Å². The molecule has 104 valence electrons. The molecule has 4 heteroatoms. The fourth-order valence-corrected chi connectivity index (χ4v) is 1.92. The van der Waals surface area contributed by atoms with Crippen LogP contribution < -0.4 is 5.32 Å². The number of rotatable bonds is 6. The van der Waals surface area contributed by atoms with Crippen LogP contribution in [0.25, 0.3) is 0 Å². The Labute approximate surface area is 113 Å². The van der Waals surface area contributed by atoms with E-state index in [1.807, 2.05) is 39.0 Å². The summed E-state index contributed by atoms with van der Waals surface area (Å²) in [6, 6.07) is 5.73. The SMILES string of the molecule is CCC(CNC(=O)c1cc(C)ccc1C)CC(=O)O. The number of carbonyl (C=O) groups is 2. The molecule has 0 bridgehead atoms. The average Bonchev–Trinajstić information content (AvgIpc) is 2.36. The van der Waals surface area contributed by atoms with Crippen LogP contribution in [0.2, 0.25) is 0 Å². The van der Waals surface area contributed by atoms with Gasteiger partial charge in [-0.1, -0.05) is 31.0 Å². The van der Waals surface area contributed by atoms with Crippen LogP contribution in [0.3, 0.4) is 0 Å². The minimum Gasteiger partial charge on any atom is -0.481 e. The lowest BCUT2D eigenvalue weighted by molar-refractivity contribution is -0.138. The quantitative estimate of drug-likeness (QED) is 0.828. The van der Waals surface area contributed by atoms with Crippen molar-refractivity contribution >= 4 is 11.9 Å². The molecule has 1 unspecified atom stereocenters. The van der Waals surface area contributed by atoms with Gasteiger partial charge in [-0.05, 0) is 31.4 Å². The Morgan fingerprint density at radius 2 is 2.00 bits per heavy atom. The van der Waals surface area contributed by atoms with Crippen molar-refractivity contribution in [1.82, 2.24) is 5.32 Å². The highest BCUT2D eigenvalue weighted by Crippen LogP contribution is 2.11. The van der Waals surface area contributed by atoms with Gasteiger partial charge in [0.25, 0.3) is 5.91 Å². The summed E-state index contributed by atoms with van der Waals surface area (Å²) in [5.74, 6) is -0.982. The van der Waals surface area contributed by atoms with Gasteiger partial charge in [-0.2, -0.15) is 0 Å². The first-order chi connectivity index (χ1) is 8.93. The topological polar surface area (TPSA) is 66.4 Å². The molecule has 0 aliphatic carbocycles. The summed E-state index contributed by atoms with van der Waals surface area (Å²) in [5.41, 5.74) is 2.62. The Bertz CT molecular complexity index is 468. The lowest BCUT2D eigenvalue weighted by atomic mass is 10.0. The first-order valence-corrected chi connectivity index (χ1v) is 6.51. The van der Waals surface area contributed by atoms with Crippen molar-refractivity contribution < 1.29 is 14.7 Å². The fourth-order valence-electron chi connectivity index (χ4n) is 1.92. The zero-order chi connectivity index (χ0) is 14.4. The molecule has 0 heterocycles. The minimum atomic E-state index is -0.826. The molecule has 1 amide bonds. The molecule has 0 saturated carbocycles. The molecule has 0 radical (unpaired) electrons. The van der Waals surface area contributed by atoms with E-state index >= 15 is 0 Å². The van der Waals surface area contributed by atoms with Crippen LogP contribution in [-0.4, -0.2) is 23.5 Å². The maximum absolute atomic E-state index is 12.1. The lowest BCUT2D eigenvalue weighted by Crippen LogP contribution is -2.30. The Morgan fingerprint density at radius 1 is 1.32 bits per heavy atom. The molecule has 0 aliphatic heterocycles. The van der Waals surface area contributed by atoms with Gasteiger partial charge in [-0.3, -0.25) is 9.59 Å². The largest absolute Gasteiger partial charge is 0.481 e. The third-order valence-corrected chi connectivity index (χ3v) is 3.23. The molecule has 4 nitrogen and oxygen atoms in total. The number of carbonyl (C=O) groups excluding carboxylic acids is 1.